The van der Waals surface area contributed by atoms with Crippen LogP contribution in [0.4, 0.5) is 16.2 Å². The first-order valence-electron chi connectivity index (χ1n) is 8.76. The van der Waals surface area contributed by atoms with Gasteiger partial charge < -0.3 is 25.4 Å². The molecule has 26 heavy (non-hydrogen) atoms. The first-order valence-corrected chi connectivity index (χ1v) is 8.76. The standard InChI is InChI=1S/C19H27N3O4/c1-13(14-7-5-4-6-8-14)20-19(24)21-15-9-10-17(26-3)16(11-15)22-18(23)12-25-2/h7,9-11,13H,4-6,8,12H2,1-3H3,(H,22,23)(H2,20,21,24). The summed E-state index contributed by atoms with van der Waals surface area (Å²) in [6, 6.07) is 4.76. The summed E-state index contributed by atoms with van der Waals surface area (Å²) in [5.74, 6) is 0.200. The van der Waals surface area contributed by atoms with Crippen molar-refractivity contribution in [2.45, 2.75) is 38.6 Å². The summed E-state index contributed by atoms with van der Waals surface area (Å²) in [7, 11) is 2.96. The maximum atomic E-state index is 12.3. The fourth-order valence-electron chi connectivity index (χ4n) is 2.91. The lowest BCUT2D eigenvalue weighted by Gasteiger charge is -2.21. The van der Waals surface area contributed by atoms with Gasteiger partial charge in [-0.1, -0.05) is 11.6 Å². The van der Waals surface area contributed by atoms with Gasteiger partial charge >= 0.3 is 6.03 Å². The average molecular weight is 361 g/mol. The molecule has 0 fully saturated rings. The zero-order valence-electron chi connectivity index (χ0n) is 15.6. The molecule has 0 heterocycles. The van der Waals surface area contributed by atoms with Crippen molar-refractivity contribution in [3.63, 3.8) is 0 Å². The first kappa shape index (κ1) is 19.8. The van der Waals surface area contributed by atoms with E-state index in [1.165, 1.54) is 32.6 Å². The topological polar surface area (TPSA) is 88.7 Å². The number of nitrogens with one attached hydrogen (secondary N) is 3. The van der Waals surface area contributed by atoms with Crippen molar-refractivity contribution < 1.29 is 19.1 Å². The third-order valence-corrected chi connectivity index (χ3v) is 4.24. The van der Waals surface area contributed by atoms with Gasteiger partial charge in [-0.2, -0.15) is 0 Å². The Hall–Kier alpha value is -2.54. The molecule has 7 nitrogen and oxygen atoms in total. The monoisotopic (exact) mass is 361 g/mol. The van der Waals surface area contributed by atoms with Gasteiger partial charge in [-0.25, -0.2) is 4.79 Å². The first-order chi connectivity index (χ1) is 12.5. The summed E-state index contributed by atoms with van der Waals surface area (Å²) in [6.45, 7) is 1.93. The maximum Gasteiger partial charge on any atom is 0.319 e. The van der Waals surface area contributed by atoms with E-state index in [1.54, 1.807) is 18.2 Å². The molecule has 1 atom stereocenters. The van der Waals surface area contributed by atoms with Crippen molar-refractivity contribution in [1.29, 1.82) is 0 Å². The van der Waals surface area contributed by atoms with Crippen LogP contribution in [-0.4, -0.2) is 38.8 Å². The quantitative estimate of drug-likeness (QED) is 0.650. The van der Waals surface area contributed by atoms with Gasteiger partial charge in [0.25, 0.3) is 0 Å². The number of benzene rings is 1. The normalized spacial score (nSPS) is 14.8. The molecule has 0 bridgehead atoms. The Morgan fingerprint density at radius 3 is 2.65 bits per heavy atom. The van der Waals surface area contributed by atoms with Crippen LogP contribution in [0.3, 0.4) is 0 Å². The van der Waals surface area contributed by atoms with Crippen LogP contribution in [0.15, 0.2) is 29.8 Å². The van der Waals surface area contributed by atoms with Gasteiger partial charge in [0.05, 0.1) is 12.8 Å². The van der Waals surface area contributed by atoms with Gasteiger partial charge in [0, 0.05) is 18.8 Å². The van der Waals surface area contributed by atoms with E-state index in [9.17, 15) is 9.59 Å². The molecule has 0 aromatic heterocycles. The molecule has 1 aliphatic carbocycles. The molecule has 2 rings (SSSR count). The summed E-state index contributed by atoms with van der Waals surface area (Å²) in [4.78, 5) is 24.0. The Kier molecular flexibility index (Phi) is 7.47. The van der Waals surface area contributed by atoms with E-state index < -0.39 is 0 Å². The number of methoxy groups -OCH3 is 2. The van der Waals surface area contributed by atoms with Gasteiger partial charge in [0.1, 0.15) is 12.4 Å². The zero-order valence-corrected chi connectivity index (χ0v) is 15.6. The second kappa shape index (κ2) is 9.82. The van der Waals surface area contributed by atoms with Gasteiger partial charge in [0.2, 0.25) is 5.91 Å². The lowest BCUT2D eigenvalue weighted by Crippen LogP contribution is -2.37. The number of urea groups is 1. The van der Waals surface area contributed by atoms with E-state index in [0.717, 1.165) is 12.8 Å². The molecule has 0 saturated carbocycles. The molecule has 0 saturated heterocycles. The molecule has 0 radical (unpaired) electrons. The third kappa shape index (κ3) is 5.77. The largest absolute Gasteiger partial charge is 0.495 e. The number of carbonyl (C=O) groups excluding carboxylic acids is 2. The number of hydrogen-bond donors (Lipinski definition) is 3. The van der Waals surface area contributed by atoms with E-state index in [-0.39, 0.29) is 24.6 Å². The number of ether oxygens (including phenoxy) is 2. The Bertz CT molecular complexity index is 673. The number of amides is 3. The smallest absolute Gasteiger partial charge is 0.319 e. The minimum Gasteiger partial charge on any atom is -0.495 e. The second-order valence-corrected chi connectivity index (χ2v) is 6.24. The van der Waals surface area contributed by atoms with E-state index >= 15 is 0 Å². The van der Waals surface area contributed by atoms with Gasteiger partial charge in [-0.3, -0.25) is 4.79 Å². The van der Waals surface area contributed by atoms with E-state index in [0.29, 0.717) is 17.1 Å². The maximum absolute atomic E-state index is 12.3. The van der Waals surface area contributed by atoms with Crippen molar-refractivity contribution in [2.24, 2.45) is 0 Å². The molecular formula is C19H27N3O4. The Balaban J connectivity index is 2.00. The van der Waals surface area contributed by atoms with Crippen molar-refractivity contribution in [3.8, 4) is 5.75 Å². The van der Waals surface area contributed by atoms with Crippen LogP contribution in [0.5, 0.6) is 5.75 Å². The predicted molar refractivity (Wildman–Crippen MR) is 102 cm³/mol. The highest BCUT2D eigenvalue weighted by atomic mass is 16.5. The highest BCUT2D eigenvalue weighted by molar-refractivity contribution is 5.95. The Morgan fingerprint density at radius 2 is 2.00 bits per heavy atom. The summed E-state index contributed by atoms with van der Waals surface area (Å²) in [6.07, 6.45) is 6.70. The third-order valence-electron chi connectivity index (χ3n) is 4.24. The summed E-state index contributed by atoms with van der Waals surface area (Å²) in [5.41, 5.74) is 2.30. The predicted octanol–water partition coefficient (Wildman–Crippen LogP) is 3.29. The Morgan fingerprint density at radius 1 is 1.19 bits per heavy atom. The highest BCUT2D eigenvalue weighted by Crippen LogP contribution is 2.28. The van der Waals surface area contributed by atoms with Crippen LogP contribution in [-0.2, 0) is 9.53 Å². The molecular weight excluding hydrogens is 334 g/mol. The summed E-state index contributed by atoms with van der Waals surface area (Å²) >= 11 is 0. The van der Waals surface area contributed by atoms with Crippen LogP contribution in [0.1, 0.15) is 32.6 Å². The lowest BCUT2D eigenvalue weighted by atomic mass is 9.95. The highest BCUT2D eigenvalue weighted by Gasteiger charge is 2.15. The van der Waals surface area contributed by atoms with E-state index in [1.807, 2.05) is 6.92 Å². The van der Waals surface area contributed by atoms with Crippen LogP contribution < -0.4 is 20.7 Å². The molecule has 7 heteroatoms. The van der Waals surface area contributed by atoms with Gasteiger partial charge in [-0.15, -0.1) is 0 Å². The van der Waals surface area contributed by atoms with E-state index in [2.05, 4.69) is 22.0 Å². The summed E-state index contributed by atoms with van der Waals surface area (Å²) in [5, 5.41) is 8.44. The zero-order chi connectivity index (χ0) is 18.9. The molecule has 1 aromatic rings. The molecule has 1 aromatic carbocycles. The molecule has 0 aliphatic heterocycles. The van der Waals surface area contributed by atoms with Crippen LogP contribution in [0.2, 0.25) is 0 Å². The van der Waals surface area contributed by atoms with Crippen molar-refractivity contribution in [3.05, 3.63) is 29.8 Å². The number of anilines is 2. The minimum absolute atomic E-state index is 0.00516. The molecule has 1 unspecified atom stereocenters. The molecule has 3 N–H and O–H groups in total. The van der Waals surface area contributed by atoms with E-state index in [4.69, 9.17) is 9.47 Å². The lowest BCUT2D eigenvalue weighted by molar-refractivity contribution is -0.119. The number of rotatable bonds is 7. The molecule has 1 aliphatic rings. The average Bonchev–Trinajstić information content (AvgIpc) is 2.62. The number of allylic oxidation sites excluding steroid dienone is 1. The van der Waals surface area contributed by atoms with Crippen molar-refractivity contribution >= 4 is 23.3 Å². The van der Waals surface area contributed by atoms with Crippen LogP contribution >= 0.6 is 0 Å². The Labute approximate surface area is 154 Å². The van der Waals surface area contributed by atoms with Crippen molar-refractivity contribution in [1.82, 2.24) is 5.32 Å². The van der Waals surface area contributed by atoms with Crippen LogP contribution in [0, 0.1) is 0 Å². The molecule has 3 amide bonds. The number of hydrogen-bond acceptors (Lipinski definition) is 4. The fraction of sp³-hybridized carbons (Fsp3) is 0.474. The van der Waals surface area contributed by atoms with Gasteiger partial charge in [0.15, 0.2) is 0 Å². The molecule has 0 spiro atoms. The van der Waals surface area contributed by atoms with Crippen LogP contribution in [0.25, 0.3) is 0 Å². The number of carbonyl (C=O) groups is 2. The fourth-order valence-corrected chi connectivity index (χ4v) is 2.91. The second-order valence-electron chi connectivity index (χ2n) is 6.24. The van der Waals surface area contributed by atoms with Gasteiger partial charge in [-0.05, 0) is 50.8 Å². The minimum atomic E-state index is -0.301. The van der Waals surface area contributed by atoms with Crippen molar-refractivity contribution in [2.75, 3.05) is 31.5 Å². The summed E-state index contributed by atoms with van der Waals surface area (Å²) < 4.78 is 10.0. The SMILES string of the molecule is COCC(=O)Nc1cc(NC(=O)NC(C)C2=CCCCC2)ccc1OC. The molecule has 142 valence electrons.